The van der Waals surface area contributed by atoms with Crippen LogP contribution in [0.4, 0.5) is 0 Å². The average molecular weight is 381 g/mol. The molecule has 0 radical (unpaired) electrons. The fourth-order valence-corrected chi connectivity index (χ4v) is 4.29. The largest absolute Gasteiger partial charge is 0.497 e. The number of aryl methyl sites for hydroxylation is 1. The molecule has 0 N–H and O–H groups in total. The van der Waals surface area contributed by atoms with Crippen LogP contribution < -0.4 is 4.74 Å². The van der Waals surface area contributed by atoms with Crippen molar-refractivity contribution in [1.29, 1.82) is 0 Å². The van der Waals surface area contributed by atoms with E-state index in [1.54, 1.807) is 18.4 Å². The first-order valence-electron chi connectivity index (χ1n) is 9.08. The fourth-order valence-electron chi connectivity index (χ4n) is 3.41. The van der Waals surface area contributed by atoms with E-state index in [1.807, 2.05) is 25.3 Å². The van der Waals surface area contributed by atoms with Crippen LogP contribution in [0.3, 0.4) is 0 Å². The van der Waals surface area contributed by atoms with Gasteiger partial charge < -0.3 is 14.5 Å². The monoisotopic (exact) mass is 380 g/mol. The molecule has 0 amide bonds. The lowest BCUT2D eigenvalue weighted by Crippen LogP contribution is -2.33. The second-order valence-electron chi connectivity index (χ2n) is 7.02. The van der Waals surface area contributed by atoms with Gasteiger partial charge in [-0.15, -0.1) is 11.3 Å². The van der Waals surface area contributed by atoms with Crippen LogP contribution in [-0.2, 0) is 6.54 Å². The molecule has 0 saturated carbocycles. The van der Waals surface area contributed by atoms with Gasteiger partial charge in [0, 0.05) is 47.8 Å². The minimum Gasteiger partial charge on any atom is -0.497 e. The maximum atomic E-state index is 5.24. The van der Waals surface area contributed by atoms with Gasteiger partial charge >= 0.3 is 0 Å². The molecule has 3 heterocycles. The Labute approximate surface area is 164 Å². The number of fused-ring (bicyclic) bond motifs is 1. The van der Waals surface area contributed by atoms with Gasteiger partial charge in [-0.2, -0.15) is 0 Å². The number of ether oxygens (including phenoxy) is 1. The molecule has 2 aliphatic rings. The highest BCUT2D eigenvalue weighted by atomic mass is 32.1. The molecule has 27 heavy (non-hydrogen) atoms. The molecule has 5 nitrogen and oxygen atoms in total. The third-order valence-electron chi connectivity index (χ3n) is 5.00. The Balaban J connectivity index is 1.50. The van der Waals surface area contributed by atoms with Gasteiger partial charge in [0.1, 0.15) is 11.9 Å². The average Bonchev–Trinajstić information content (AvgIpc) is 3.28. The van der Waals surface area contributed by atoms with Crippen LogP contribution in [0, 0.1) is 6.92 Å². The molecule has 2 aromatic rings. The summed E-state index contributed by atoms with van der Waals surface area (Å²) >= 11 is 1.72. The Morgan fingerprint density at radius 3 is 2.63 bits per heavy atom. The van der Waals surface area contributed by atoms with Gasteiger partial charge in [-0.05, 0) is 31.5 Å². The number of aromatic nitrogens is 1. The molecular formula is C21H24N4OS. The van der Waals surface area contributed by atoms with E-state index in [0.29, 0.717) is 0 Å². The van der Waals surface area contributed by atoms with Crippen molar-refractivity contribution in [3.8, 4) is 5.75 Å². The third-order valence-corrected chi connectivity index (χ3v) is 6.16. The molecule has 140 valence electrons. The lowest BCUT2D eigenvalue weighted by atomic mass is 10.1. The van der Waals surface area contributed by atoms with Gasteiger partial charge in [-0.25, -0.2) is 4.98 Å². The Hall–Kier alpha value is -2.60. The summed E-state index contributed by atoms with van der Waals surface area (Å²) < 4.78 is 5.24. The number of methoxy groups -OCH3 is 1. The predicted molar refractivity (Wildman–Crippen MR) is 110 cm³/mol. The number of hydrogen-bond acceptors (Lipinski definition) is 6. The quantitative estimate of drug-likeness (QED) is 0.766. The molecule has 1 aromatic carbocycles. The van der Waals surface area contributed by atoms with Crippen LogP contribution in [0.15, 0.2) is 58.4 Å². The highest BCUT2D eigenvalue weighted by Crippen LogP contribution is 2.34. The molecule has 2 atom stereocenters. The zero-order valence-electron chi connectivity index (χ0n) is 16.1. The van der Waals surface area contributed by atoms with Crippen molar-refractivity contribution >= 4 is 17.6 Å². The number of allylic oxidation sites excluding steroid dienone is 2. The van der Waals surface area contributed by atoms with E-state index in [9.17, 15) is 0 Å². The number of aliphatic imine (C=N–C) groups is 1. The smallest absolute Gasteiger partial charge is 0.134 e. The zero-order chi connectivity index (χ0) is 19.0. The van der Waals surface area contributed by atoms with Gasteiger partial charge in [0.15, 0.2) is 0 Å². The highest BCUT2D eigenvalue weighted by Gasteiger charge is 2.33. The van der Waals surface area contributed by atoms with Gasteiger partial charge in [0.05, 0.1) is 17.8 Å². The highest BCUT2D eigenvalue weighted by molar-refractivity contribution is 7.09. The van der Waals surface area contributed by atoms with Crippen molar-refractivity contribution in [1.82, 2.24) is 14.8 Å². The molecule has 0 aliphatic carbocycles. The van der Waals surface area contributed by atoms with E-state index in [2.05, 4.69) is 58.5 Å². The molecule has 6 heteroatoms. The normalized spacial score (nSPS) is 19.6. The Kier molecular flexibility index (Phi) is 4.74. The SMILES string of the molecule is COc1ccc(CN2C=C3C=NC(C(C)c4nc(C)cs4)N3C=C2C)cc1. The Bertz CT molecular complexity index is 913. The predicted octanol–water partition coefficient (Wildman–Crippen LogP) is 4.49. The maximum absolute atomic E-state index is 5.24. The van der Waals surface area contributed by atoms with Gasteiger partial charge in [-0.1, -0.05) is 19.1 Å². The fraction of sp³-hybridized carbons (Fsp3) is 0.333. The van der Waals surface area contributed by atoms with Crippen molar-refractivity contribution in [3.63, 3.8) is 0 Å². The topological polar surface area (TPSA) is 41.0 Å². The Morgan fingerprint density at radius 1 is 1.19 bits per heavy atom. The summed E-state index contributed by atoms with van der Waals surface area (Å²) in [4.78, 5) is 14.0. The van der Waals surface area contributed by atoms with Crippen LogP contribution in [0.5, 0.6) is 5.75 Å². The maximum Gasteiger partial charge on any atom is 0.134 e. The molecule has 2 unspecified atom stereocenters. The summed E-state index contributed by atoms with van der Waals surface area (Å²) in [5.41, 5.74) is 4.65. The second kappa shape index (κ2) is 7.19. The number of nitrogens with zero attached hydrogens (tertiary/aromatic N) is 4. The van der Waals surface area contributed by atoms with Crippen molar-refractivity contribution in [2.24, 2.45) is 4.99 Å². The second-order valence-corrected chi connectivity index (χ2v) is 7.90. The molecule has 0 saturated heterocycles. The first-order valence-corrected chi connectivity index (χ1v) is 9.96. The number of thiazole rings is 1. The van der Waals surface area contributed by atoms with Crippen LogP contribution in [-0.4, -0.2) is 34.3 Å². The third kappa shape index (κ3) is 3.49. The molecule has 0 bridgehead atoms. The summed E-state index contributed by atoms with van der Waals surface area (Å²) in [5.74, 6) is 1.13. The Morgan fingerprint density at radius 2 is 1.96 bits per heavy atom. The summed E-state index contributed by atoms with van der Waals surface area (Å²) in [7, 11) is 1.69. The first kappa shape index (κ1) is 17.8. The zero-order valence-corrected chi connectivity index (χ0v) is 16.9. The summed E-state index contributed by atoms with van der Waals surface area (Å²) in [6, 6.07) is 8.22. The van der Waals surface area contributed by atoms with Gasteiger partial charge in [0.2, 0.25) is 0 Å². The minimum absolute atomic E-state index is 0.0693. The van der Waals surface area contributed by atoms with Crippen LogP contribution in [0.25, 0.3) is 0 Å². The lowest BCUT2D eigenvalue weighted by molar-refractivity contribution is 0.304. The van der Waals surface area contributed by atoms with Gasteiger partial charge in [0.25, 0.3) is 0 Å². The van der Waals surface area contributed by atoms with Crippen LogP contribution in [0.1, 0.15) is 36.0 Å². The summed E-state index contributed by atoms with van der Waals surface area (Å²) in [5, 5.41) is 3.25. The van der Waals surface area contributed by atoms with Gasteiger partial charge in [-0.3, -0.25) is 4.99 Å². The first-order chi connectivity index (χ1) is 13.0. The number of rotatable bonds is 5. The van der Waals surface area contributed by atoms with Crippen molar-refractivity contribution in [3.05, 3.63) is 69.7 Å². The standard InChI is InChI=1S/C21H24N4OS/c1-14-13-27-21(23-14)16(3)20-22-9-18-12-24(15(2)10-25(18)20)11-17-5-7-19(26-4)8-6-17/h5-10,12-13,16,20H,11H2,1-4H3. The molecule has 2 aliphatic heterocycles. The van der Waals surface area contributed by atoms with Crippen molar-refractivity contribution < 1.29 is 4.74 Å². The number of benzene rings is 1. The molecule has 0 spiro atoms. The van der Waals surface area contributed by atoms with E-state index >= 15 is 0 Å². The molecule has 1 aromatic heterocycles. The minimum atomic E-state index is 0.0693. The van der Waals surface area contributed by atoms with Crippen molar-refractivity contribution in [2.45, 2.75) is 39.4 Å². The van der Waals surface area contributed by atoms with Crippen LogP contribution >= 0.6 is 11.3 Å². The van der Waals surface area contributed by atoms with E-state index < -0.39 is 0 Å². The number of hydrogen-bond donors (Lipinski definition) is 0. The summed E-state index contributed by atoms with van der Waals surface area (Å²) in [6.07, 6.45) is 6.43. The van der Waals surface area contributed by atoms with E-state index in [-0.39, 0.29) is 12.1 Å². The van der Waals surface area contributed by atoms with Crippen molar-refractivity contribution in [2.75, 3.05) is 7.11 Å². The van der Waals surface area contributed by atoms with E-state index in [0.717, 1.165) is 28.7 Å². The molecule has 0 fully saturated rings. The lowest BCUT2D eigenvalue weighted by Gasteiger charge is -2.34. The van der Waals surface area contributed by atoms with E-state index in [1.165, 1.54) is 11.3 Å². The molecule has 4 rings (SSSR count). The van der Waals surface area contributed by atoms with Crippen LogP contribution in [0.2, 0.25) is 0 Å². The summed E-state index contributed by atoms with van der Waals surface area (Å²) in [6.45, 7) is 7.21. The molecular weight excluding hydrogens is 356 g/mol. The van der Waals surface area contributed by atoms with E-state index in [4.69, 9.17) is 9.73 Å².